The molecule has 0 aromatic rings. The van der Waals surface area contributed by atoms with Crippen molar-refractivity contribution in [1.29, 1.82) is 0 Å². The molecule has 0 bridgehead atoms. The quantitative estimate of drug-likeness (QED) is 0.236. The third-order valence-electron chi connectivity index (χ3n) is 3.85. The van der Waals surface area contributed by atoms with Gasteiger partial charge in [-0.15, -0.1) is 0 Å². The van der Waals surface area contributed by atoms with Gasteiger partial charge in [0.2, 0.25) is 0 Å². The number of carbonyl (C=O) groups is 1. The summed E-state index contributed by atoms with van der Waals surface area (Å²) < 4.78 is 0. The topological polar surface area (TPSA) is 17.1 Å². The second kappa shape index (κ2) is 23.9. The van der Waals surface area contributed by atoms with Crippen LogP contribution in [-0.4, -0.2) is 65.4 Å². The molecule has 21 heavy (non-hydrogen) atoms. The number of hydrogen-bond donors (Lipinski definition) is 0. The minimum atomic E-state index is 0. The second-order valence-electron chi connectivity index (χ2n) is 6.38. The van der Waals surface area contributed by atoms with Crippen molar-refractivity contribution in [2.75, 3.05) is 0 Å². The van der Waals surface area contributed by atoms with Crippen LogP contribution in [0.2, 0.25) is 0 Å². The van der Waals surface area contributed by atoms with Crippen LogP contribution < -0.4 is 0 Å². The molecule has 0 spiro atoms. The van der Waals surface area contributed by atoms with Crippen LogP contribution in [-0.2, 0) is 4.79 Å². The zero-order chi connectivity index (χ0) is 14.2. The van der Waals surface area contributed by atoms with E-state index in [2.05, 4.69) is 13.8 Å². The Balaban J connectivity index is -0.00000162. The first-order valence-corrected chi connectivity index (χ1v) is 8.71. The van der Waals surface area contributed by atoms with Crippen LogP contribution in [0.5, 0.6) is 0 Å². The zero-order valence-corrected chi connectivity index (χ0v) is 13.5. The number of rotatable bonds is 15. The summed E-state index contributed by atoms with van der Waals surface area (Å²) in [6, 6.07) is 0. The summed E-state index contributed by atoms with van der Waals surface area (Å²) in [5.74, 6) is 0.881. The zero-order valence-electron chi connectivity index (χ0n) is 13.5. The number of carbonyl (C=O) groups excluding carboxylic acids is 1. The van der Waals surface area contributed by atoms with Crippen molar-refractivity contribution in [3.8, 4) is 0 Å². The molecule has 0 amide bonds. The van der Waals surface area contributed by atoms with E-state index < -0.39 is 0 Å². The first-order chi connectivity index (χ1) is 9.27. The van der Waals surface area contributed by atoms with E-state index in [4.69, 9.17) is 0 Å². The van der Waals surface area contributed by atoms with Crippen LogP contribution in [0.4, 0.5) is 0 Å². The molecule has 0 rings (SSSR count). The molecule has 0 saturated carbocycles. The Hall–Kier alpha value is 1.67. The molecule has 0 atom stereocenters. The van der Waals surface area contributed by atoms with Crippen molar-refractivity contribution >= 4 is 65.4 Å². The van der Waals surface area contributed by atoms with Crippen LogP contribution in [0, 0.1) is 5.92 Å². The number of hydrogen-bond acceptors (Lipinski definition) is 1. The molecule has 0 N–H and O–H groups in total. The monoisotopic (exact) mass is 316 g/mol. The predicted octanol–water partition coefficient (Wildman–Crippen LogP) is 5.01. The molecule has 0 radical (unpaired) electrons. The van der Waals surface area contributed by atoms with Gasteiger partial charge in [-0.05, 0) is 12.3 Å². The third-order valence-corrected chi connectivity index (χ3v) is 3.85. The molecule has 0 aromatic carbocycles. The van der Waals surface area contributed by atoms with Crippen molar-refractivity contribution in [1.82, 2.24) is 0 Å². The summed E-state index contributed by atoms with van der Waals surface area (Å²) >= 11 is 0. The van der Waals surface area contributed by atoms with Crippen molar-refractivity contribution in [3.05, 3.63) is 0 Å². The van der Waals surface area contributed by atoms with Gasteiger partial charge in [0.15, 0.2) is 0 Å². The molecule has 3 heteroatoms. The van der Waals surface area contributed by atoms with Gasteiger partial charge in [0.05, 0.1) is 0 Å². The van der Waals surface area contributed by atoms with Gasteiger partial charge in [-0.3, -0.25) is 0 Å². The summed E-state index contributed by atoms with van der Waals surface area (Å²) in [6.45, 7) is 4.64. The van der Waals surface area contributed by atoms with Gasteiger partial charge in [0.25, 0.3) is 0 Å². The van der Waals surface area contributed by atoms with Crippen LogP contribution in [0.1, 0.15) is 104 Å². The van der Waals surface area contributed by atoms with E-state index in [1.165, 1.54) is 77.0 Å². The summed E-state index contributed by atoms with van der Waals surface area (Å²) in [5.41, 5.74) is 0. The van der Waals surface area contributed by atoms with E-state index in [9.17, 15) is 4.79 Å². The van der Waals surface area contributed by atoms with E-state index in [1.54, 1.807) is 0 Å². The summed E-state index contributed by atoms with van der Waals surface area (Å²) in [7, 11) is 0. The van der Waals surface area contributed by atoms with E-state index >= 15 is 0 Å². The Morgan fingerprint density at radius 2 is 0.952 bits per heavy atom. The standard InChI is InChI=1S/C18H36O.2Na.2H/c1-18(2)16-14-12-10-8-6-4-3-5-7-9-11-13-15-17-19;;;;/h17-18H,3-16H2,1-2H3;;;;. The molecule has 0 heterocycles. The molecule has 0 aliphatic carbocycles. The molecule has 0 aromatic heterocycles. The Kier molecular flexibility index (Phi) is 31.4. The van der Waals surface area contributed by atoms with Gasteiger partial charge < -0.3 is 4.79 Å². The van der Waals surface area contributed by atoms with Gasteiger partial charge in [-0.1, -0.05) is 90.9 Å². The number of aldehydes is 1. The molecule has 1 nitrogen and oxygen atoms in total. The van der Waals surface area contributed by atoms with Crippen LogP contribution in [0.15, 0.2) is 0 Å². The molecule has 0 unspecified atom stereocenters. The van der Waals surface area contributed by atoms with Gasteiger partial charge in [-0.2, -0.15) is 0 Å². The predicted molar refractivity (Wildman–Crippen MR) is 99.8 cm³/mol. The van der Waals surface area contributed by atoms with Gasteiger partial charge in [0.1, 0.15) is 6.29 Å². The van der Waals surface area contributed by atoms with Gasteiger partial charge >= 0.3 is 59.1 Å². The molecule has 0 fully saturated rings. The average molecular weight is 316 g/mol. The molecule has 0 aliphatic rings. The van der Waals surface area contributed by atoms with Crippen molar-refractivity contribution in [2.24, 2.45) is 5.92 Å². The van der Waals surface area contributed by atoms with Gasteiger partial charge in [0, 0.05) is 6.42 Å². The van der Waals surface area contributed by atoms with Gasteiger partial charge in [-0.25, -0.2) is 0 Å². The Morgan fingerprint density at radius 1 is 0.619 bits per heavy atom. The van der Waals surface area contributed by atoms with E-state index in [0.29, 0.717) is 0 Å². The van der Waals surface area contributed by atoms with Crippen molar-refractivity contribution in [2.45, 2.75) is 104 Å². The fourth-order valence-electron chi connectivity index (χ4n) is 2.55. The molecular formula is C18H38Na2O. The number of unbranched alkanes of at least 4 members (excludes halogenated alkanes) is 12. The SMILES string of the molecule is CC(C)CCCCCCCCCCCCCCC=O.[NaH].[NaH]. The Labute approximate surface area is 178 Å². The average Bonchev–Trinajstić information content (AvgIpc) is 2.39. The van der Waals surface area contributed by atoms with Crippen LogP contribution in [0.25, 0.3) is 0 Å². The first-order valence-electron chi connectivity index (χ1n) is 8.71. The van der Waals surface area contributed by atoms with Crippen LogP contribution in [0.3, 0.4) is 0 Å². The first kappa shape index (κ1) is 27.5. The minimum absolute atomic E-state index is 0. The molecular weight excluding hydrogens is 278 g/mol. The summed E-state index contributed by atoms with van der Waals surface area (Å²) in [4.78, 5) is 10.1. The molecule has 118 valence electrons. The van der Waals surface area contributed by atoms with E-state index in [0.717, 1.165) is 25.0 Å². The maximum atomic E-state index is 10.1. The fraction of sp³-hybridized carbons (Fsp3) is 0.944. The summed E-state index contributed by atoms with van der Waals surface area (Å²) in [6.07, 6.45) is 19.7. The third kappa shape index (κ3) is 26.9. The van der Waals surface area contributed by atoms with Crippen molar-refractivity contribution in [3.63, 3.8) is 0 Å². The molecule has 0 aliphatic heterocycles. The van der Waals surface area contributed by atoms with E-state index in [-0.39, 0.29) is 59.1 Å². The maximum absolute atomic E-state index is 10.1. The fourth-order valence-corrected chi connectivity index (χ4v) is 2.55. The normalized spacial score (nSPS) is 10.0. The second-order valence-corrected chi connectivity index (χ2v) is 6.38. The van der Waals surface area contributed by atoms with Crippen molar-refractivity contribution < 1.29 is 4.79 Å². The molecule has 0 saturated heterocycles. The van der Waals surface area contributed by atoms with Crippen LogP contribution >= 0.6 is 0 Å². The Bertz CT molecular complexity index is 184. The summed E-state index contributed by atoms with van der Waals surface area (Å²) in [5, 5.41) is 0. The van der Waals surface area contributed by atoms with E-state index in [1.807, 2.05) is 0 Å². The Morgan fingerprint density at radius 3 is 1.29 bits per heavy atom.